The summed E-state index contributed by atoms with van der Waals surface area (Å²) in [5.74, 6) is 1.81. The van der Waals surface area contributed by atoms with Gasteiger partial charge in [-0.15, -0.1) is 0 Å². The lowest BCUT2D eigenvalue weighted by atomic mass is 10.1. The van der Waals surface area contributed by atoms with E-state index in [-0.39, 0.29) is 24.5 Å². The summed E-state index contributed by atoms with van der Waals surface area (Å²) in [6.45, 7) is 5.71. The second kappa shape index (κ2) is 9.26. The fraction of sp³-hybridized carbons (Fsp3) is 0.409. The van der Waals surface area contributed by atoms with Crippen molar-refractivity contribution in [3.05, 3.63) is 41.5 Å². The van der Waals surface area contributed by atoms with Crippen molar-refractivity contribution in [2.24, 2.45) is 0 Å². The van der Waals surface area contributed by atoms with Crippen molar-refractivity contribution in [3.8, 4) is 11.5 Å². The molecule has 3 rings (SSSR count). The van der Waals surface area contributed by atoms with Crippen LogP contribution in [-0.2, 0) is 17.5 Å². The number of benzene rings is 1. The maximum atomic E-state index is 13.1. The maximum absolute atomic E-state index is 13.1. The Kier molecular flexibility index (Phi) is 6.82. The molecule has 33 heavy (non-hydrogen) atoms. The third-order valence-corrected chi connectivity index (χ3v) is 4.85. The lowest BCUT2D eigenvalue weighted by Gasteiger charge is -2.23. The monoisotopic (exact) mass is 465 g/mol. The van der Waals surface area contributed by atoms with Crippen LogP contribution in [0.2, 0.25) is 0 Å². The number of hydrogen-bond donors (Lipinski definition) is 2. The number of nitrogens with two attached hydrogens (primary N) is 1. The van der Waals surface area contributed by atoms with Crippen LogP contribution >= 0.6 is 0 Å². The van der Waals surface area contributed by atoms with Crippen LogP contribution in [0.5, 0.6) is 11.5 Å². The molecule has 0 spiro atoms. The highest BCUT2D eigenvalue weighted by Crippen LogP contribution is 2.35. The first-order valence-corrected chi connectivity index (χ1v) is 10.0. The number of aryl methyl sites for hydroxylation is 1. The summed E-state index contributed by atoms with van der Waals surface area (Å²) in [6, 6.07) is 5.61. The molecule has 1 aromatic carbocycles. The van der Waals surface area contributed by atoms with Gasteiger partial charge in [0.05, 0.1) is 30.5 Å². The zero-order chi connectivity index (χ0) is 24.4. The third kappa shape index (κ3) is 5.92. The van der Waals surface area contributed by atoms with Gasteiger partial charge in [-0.05, 0) is 39.0 Å². The Morgan fingerprint density at radius 2 is 1.73 bits per heavy atom. The van der Waals surface area contributed by atoms with E-state index in [1.807, 2.05) is 13.8 Å². The van der Waals surface area contributed by atoms with Gasteiger partial charge in [0.25, 0.3) is 0 Å². The Morgan fingerprint density at radius 1 is 1.00 bits per heavy atom. The maximum Gasteiger partial charge on any atom is 0.433 e. The Hall–Kier alpha value is -3.34. The van der Waals surface area contributed by atoms with Crippen LogP contribution in [0.4, 0.5) is 24.7 Å². The van der Waals surface area contributed by atoms with Crippen molar-refractivity contribution < 1.29 is 27.4 Å². The fourth-order valence-corrected chi connectivity index (χ4v) is 2.99. The summed E-state index contributed by atoms with van der Waals surface area (Å²) in [5, 5.41) is 3.64. The molecule has 0 aliphatic heterocycles. The summed E-state index contributed by atoms with van der Waals surface area (Å²) in [4.78, 5) is 12.5. The number of ether oxygens (including phenoxy) is 3. The average Bonchev–Trinajstić information content (AvgIpc) is 2.74. The number of hydrogen-bond acceptors (Lipinski definition) is 8. The molecule has 0 unspecified atom stereocenters. The molecular formula is C22H26F3N5O3. The number of alkyl halides is 3. The topological polar surface area (TPSA) is 104 Å². The van der Waals surface area contributed by atoms with Crippen LogP contribution in [0.15, 0.2) is 24.3 Å². The molecule has 2 heterocycles. The summed E-state index contributed by atoms with van der Waals surface area (Å²) in [7, 11) is 3.11. The smallest absolute Gasteiger partial charge is 0.433 e. The number of nitrogens with zero attached hydrogens (tertiary/aromatic N) is 3. The van der Waals surface area contributed by atoms with Crippen molar-refractivity contribution in [1.29, 1.82) is 0 Å². The zero-order valence-electron chi connectivity index (χ0n) is 19.0. The van der Waals surface area contributed by atoms with Crippen molar-refractivity contribution in [1.82, 2.24) is 15.0 Å². The predicted molar refractivity (Wildman–Crippen MR) is 118 cm³/mol. The molecule has 0 amide bonds. The fourth-order valence-electron chi connectivity index (χ4n) is 2.99. The molecule has 2 aromatic heterocycles. The number of anilines is 2. The van der Waals surface area contributed by atoms with Gasteiger partial charge in [-0.1, -0.05) is 0 Å². The third-order valence-electron chi connectivity index (χ3n) is 4.85. The normalized spacial score (nSPS) is 12.1. The highest BCUT2D eigenvalue weighted by Gasteiger charge is 2.33. The Morgan fingerprint density at radius 3 is 2.36 bits per heavy atom. The number of pyridine rings is 1. The summed E-state index contributed by atoms with van der Waals surface area (Å²) >= 11 is 0. The first-order chi connectivity index (χ1) is 15.4. The van der Waals surface area contributed by atoms with E-state index in [2.05, 4.69) is 20.3 Å². The number of nitrogen functional groups attached to an aromatic ring is 1. The minimum atomic E-state index is -4.60. The number of aromatic nitrogens is 3. The zero-order valence-corrected chi connectivity index (χ0v) is 19.0. The van der Waals surface area contributed by atoms with Crippen LogP contribution in [0, 0.1) is 6.92 Å². The molecule has 3 N–H and O–H groups in total. The molecular weight excluding hydrogens is 439 g/mol. The van der Waals surface area contributed by atoms with E-state index in [0.717, 1.165) is 6.07 Å². The van der Waals surface area contributed by atoms with Gasteiger partial charge >= 0.3 is 6.18 Å². The Bertz CT molecular complexity index is 1150. The van der Waals surface area contributed by atoms with Crippen molar-refractivity contribution >= 4 is 22.4 Å². The molecule has 0 fully saturated rings. The van der Waals surface area contributed by atoms with Crippen molar-refractivity contribution in [3.63, 3.8) is 0 Å². The average molecular weight is 465 g/mol. The lowest BCUT2D eigenvalue weighted by molar-refractivity contribution is -0.141. The van der Waals surface area contributed by atoms with E-state index in [1.54, 1.807) is 26.2 Å². The van der Waals surface area contributed by atoms with Crippen LogP contribution in [0.1, 0.15) is 31.1 Å². The molecule has 8 nitrogen and oxygen atoms in total. The van der Waals surface area contributed by atoms with E-state index in [9.17, 15) is 13.2 Å². The van der Waals surface area contributed by atoms with Crippen molar-refractivity contribution in [2.75, 3.05) is 31.9 Å². The van der Waals surface area contributed by atoms with Crippen LogP contribution in [0.25, 0.3) is 10.9 Å². The SMILES string of the molecule is COc1cc2nc(C)nc(NCc3cc(N)cc(C(F)(F)F)n3)c2cc1OCC(C)(C)OC. The van der Waals surface area contributed by atoms with Gasteiger partial charge in [-0.25, -0.2) is 15.0 Å². The molecule has 11 heteroatoms. The predicted octanol–water partition coefficient (Wildman–Crippen LogP) is 4.36. The van der Waals surface area contributed by atoms with Crippen LogP contribution in [0.3, 0.4) is 0 Å². The van der Waals surface area contributed by atoms with E-state index < -0.39 is 17.5 Å². The minimum Gasteiger partial charge on any atom is -0.493 e. The molecule has 0 saturated heterocycles. The molecule has 0 radical (unpaired) electrons. The minimum absolute atomic E-state index is 0.0287. The van der Waals surface area contributed by atoms with Gasteiger partial charge in [-0.3, -0.25) is 0 Å². The highest BCUT2D eigenvalue weighted by atomic mass is 19.4. The second-order valence-electron chi connectivity index (χ2n) is 8.02. The number of rotatable bonds is 8. The van der Waals surface area contributed by atoms with Gasteiger partial charge in [0.2, 0.25) is 0 Å². The van der Waals surface area contributed by atoms with Gasteiger partial charge in [0.15, 0.2) is 11.5 Å². The van der Waals surface area contributed by atoms with E-state index in [0.29, 0.717) is 34.0 Å². The molecule has 3 aromatic rings. The first-order valence-electron chi connectivity index (χ1n) is 10.0. The van der Waals surface area contributed by atoms with E-state index in [4.69, 9.17) is 19.9 Å². The molecule has 0 saturated carbocycles. The second-order valence-corrected chi connectivity index (χ2v) is 8.02. The summed E-state index contributed by atoms with van der Waals surface area (Å²) in [5.41, 5.74) is 4.73. The van der Waals surface area contributed by atoms with Gasteiger partial charge < -0.3 is 25.3 Å². The number of halogens is 3. The standard InChI is InChI=1S/C22H26F3N5O3/c1-12-28-16-9-17(31-4)18(33-11-21(2,3)32-5)8-15(16)20(29-12)27-10-14-6-13(26)7-19(30-14)22(23,24)25/h6-9H,10-11H2,1-5H3,(H2,26,30)(H,27,28,29). The van der Waals surface area contributed by atoms with E-state index in [1.165, 1.54) is 13.2 Å². The van der Waals surface area contributed by atoms with Gasteiger partial charge in [-0.2, -0.15) is 13.2 Å². The van der Waals surface area contributed by atoms with Crippen LogP contribution in [-0.4, -0.2) is 41.4 Å². The number of methoxy groups -OCH3 is 2. The molecule has 178 valence electrons. The van der Waals surface area contributed by atoms with Gasteiger partial charge in [0.1, 0.15) is 23.9 Å². The molecule has 0 atom stereocenters. The number of nitrogens with one attached hydrogen (secondary N) is 1. The summed E-state index contributed by atoms with van der Waals surface area (Å²) < 4.78 is 56.0. The molecule has 0 bridgehead atoms. The first kappa shape index (κ1) is 24.3. The summed E-state index contributed by atoms with van der Waals surface area (Å²) in [6.07, 6.45) is -4.60. The molecule has 0 aliphatic carbocycles. The Balaban J connectivity index is 1.96. The lowest BCUT2D eigenvalue weighted by Crippen LogP contribution is -2.30. The quantitative estimate of drug-likeness (QED) is 0.506. The largest absolute Gasteiger partial charge is 0.493 e. The van der Waals surface area contributed by atoms with E-state index >= 15 is 0 Å². The van der Waals surface area contributed by atoms with Crippen molar-refractivity contribution in [2.45, 2.75) is 39.1 Å². The number of fused-ring (bicyclic) bond motifs is 1. The van der Waals surface area contributed by atoms with Crippen LogP contribution < -0.4 is 20.5 Å². The van der Waals surface area contributed by atoms with Gasteiger partial charge in [0, 0.05) is 24.2 Å². The Labute approximate surface area is 189 Å². The molecule has 0 aliphatic rings. The highest BCUT2D eigenvalue weighted by molar-refractivity contribution is 5.91.